The lowest BCUT2D eigenvalue weighted by molar-refractivity contribution is 0.0721. The third-order valence-electron chi connectivity index (χ3n) is 3.56. The van der Waals surface area contributed by atoms with Crippen molar-refractivity contribution in [2.24, 2.45) is 5.92 Å². The minimum absolute atomic E-state index is 0.190. The van der Waals surface area contributed by atoms with Crippen LogP contribution in [0.3, 0.4) is 0 Å². The number of ether oxygens (including phenoxy) is 1. The fourth-order valence-corrected chi connectivity index (χ4v) is 2.75. The van der Waals surface area contributed by atoms with Gasteiger partial charge in [0.05, 0.1) is 7.11 Å². The van der Waals surface area contributed by atoms with Crippen LogP contribution < -0.4 is 5.32 Å². The average Bonchev–Trinajstić information content (AvgIpc) is 2.66. The molecule has 0 saturated carbocycles. The van der Waals surface area contributed by atoms with Gasteiger partial charge in [0.15, 0.2) is 0 Å². The van der Waals surface area contributed by atoms with Gasteiger partial charge in [0.25, 0.3) is 0 Å². The Hall–Kier alpha value is -0.770. The predicted octanol–water partition coefficient (Wildman–Crippen LogP) is 0.825. The highest BCUT2D eigenvalue weighted by molar-refractivity contribution is 5.68. The number of nitrogens with zero attached hydrogens (tertiary/aromatic N) is 1. The lowest BCUT2D eigenvalue weighted by atomic mass is 9.87. The van der Waals surface area contributed by atoms with Crippen molar-refractivity contribution in [1.82, 2.24) is 10.2 Å². The maximum absolute atomic E-state index is 11.4. The van der Waals surface area contributed by atoms with Crippen LogP contribution in [0.15, 0.2) is 0 Å². The smallest absolute Gasteiger partial charge is 0.409 e. The Labute approximate surface area is 84.6 Å². The first-order valence-corrected chi connectivity index (χ1v) is 5.32. The molecule has 0 aromatic rings. The second kappa shape index (κ2) is 3.77. The van der Waals surface area contributed by atoms with Gasteiger partial charge in [-0.2, -0.15) is 0 Å². The van der Waals surface area contributed by atoms with Gasteiger partial charge in [0.1, 0.15) is 0 Å². The van der Waals surface area contributed by atoms with Crippen molar-refractivity contribution in [2.45, 2.75) is 31.8 Å². The highest BCUT2D eigenvalue weighted by Crippen LogP contribution is 2.29. The quantitative estimate of drug-likeness (QED) is 0.626. The van der Waals surface area contributed by atoms with Crippen molar-refractivity contribution >= 4 is 6.09 Å². The molecule has 0 spiro atoms. The van der Waals surface area contributed by atoms with Crippen molar-refractivity contribution in [2.75, 3.05) is 20.2 Å². The molecule has 2 aliphatic heterocycles. The van der Waals surface area contributed by atoms with Crippen LogP contribution in [0.5, 0.6) is 0 Å². The highest BCUT2D eigenvalue weighted by Gasteiger charge is 2.40. The van der Waals surface area contributed by atoms with E-state index in [2.05, 4.69) is 12.2 Å². The molecule has 1 amide bonds. The van der Waals surface area contributed by atoms with E-state index in [0.29, 0.717) is 6.04 Å². The number of fused-ring (bicyclic) bond motifs is 1. The molecule has 14 heavy (non-hydrogen) atoms. The Kier molecular flexibility index (Phi) is 2.63. The van der Waals surface area contributed by atoms with E-state index in [0.717, 1.165) is 25.4 Å². The van der Waals surface area contributed by atoms with E-state index in [1.165, 1.54) is 13.5 Å². The lowest BCUT2D eigenvalue weighted by Gasteiger charge is -2.40. The molecule has 0 aliphatic carbocycles. The van der Waals surface area contributed by atoms with E-state index < -0.39 is 0 Å². The van der Waals surface area contributed by atoms with E-state index in [1.54, 1.807) is 0 Å². The van der Waals surface area contributed by atoms with Gasteiger partial charge in [-0.3, -0.25) is 0 Å². The van der Waals surface area contributed by atoms with Gasteiger partial charge >= 0.3 is 6.09 Å². The first kappa shape index (κ1) is 9.77. The molecular formula is C10H18N2O2. The van der Waals surface area contributed by atoms with Gasteiger partial charge in [-0.15, -0.1) is 0 Å². The zero-order valence-electron chi connectivity index (χ0n) is 8.82. The molecule has 4 nitrogen and oxygen atoms in total. The second-order valence-electron chi connectivity index (χ2n) is 4.22. The molecule has 2 fully saturated rings. The standard InChI is InChI=1S/C10H18N2O2/c1-7-9-8(3-5-11-9)4-6-12(7)10(13)14-2/h7-9,11H,3-6H2,1-2H3. The van der Waals surface area contributed by atoms with Gasteiger partial charge < -0.3 is 15.0 Å². The minimum Gasteiger partial charge on any atom is -0.453 e. The number of nitrogens with one attached hydrogen (secondary N) is 1. The van der Waals surface area contributed by atoms with E-state index in [9.17, 15) is 4.79 Å². The zero-order chi connectivity index (χ0) is 10.1. The minimum atomic E-state index is -0.190. The number of piperidine rings is 1. The number of rotatable bonds is 0. The van der Waals surface area contributed by atoms with Gasteiger partial charge in [-0.05, 0) is 32.2 Å². The maximum Gasteiger partial charge on any atom is 0.409 e. The third kappa shape index (κ3) is 1.47. The average molecular weight is 198 g/mol. The van der Waals surface area contributed by atoms with E-state index in [4.69, 9.17) is 4.74 Å². The molecule has 3 unspecified atom stereocenters. The summed E-state index contributed by atoms with van der Waals surface area (Å²) in [6, 6.07) is 0.742. The highest BCUT2D eigenvalue weighted by atomic mass is 16.5. The van der Waals surface area contributed by atoms with Gasteiger partial charge in [-0.1, -0.05) is 0 Å². The molecule has 0 radical (unpaired) electrons. The first-order chi connectivity index (χ1) is 6.74. The zero-order valence-corrected chi connectivity index (χ0v) is 8.82. The Morgan fingerprint density at radius 1 is 1.50 bits per heavy atom. The molecule has 0 bridgehead atoms. The number of hydrogen-bond acceptors (Lipinski definition) is 3. The number of methoxy groups -OCH3 is 1. The summed E-state index contributed by atoms with van der Waals surface area (Å²) in [4.78, 5) is 13.3. The first-order valence-electron chi connectivity index (χ1n) is 5.32. The summed E-state index contributed by atoms with van der Waals surface area (Å²) in [5, 5.41) is 3.47. The van der Waals surface area contributed by atoms with Crippen LogP contribution in [0.4, 0.5) is 4.79 Å². The van der Waals surface area contributed by atoms with Crippen LogP contribution in [0.25, 0.3) is 0 Å². The Morgan fingerprint density at radius 3 is 3.00 bits per heavy atom. The molecule has 80 valence electrons. The molecular weight excluding hydrogens is 180 g/mol. The van der Waals surface area contributed by atoms with Crippen LogP contribution in [0.1, 0.15) is 19.8 Å². The van der Waals surface area contributed by atoms with Crippen LogP contribution in [-0.4, -0.2) is 43.3 Å². The normalized spacial score (nSPS) is 36.7. The second-order valence-corrected chi connectivity index (χ2v) is 4.22. The summed E-state index contributed by atoms with van der Waals surface area (Å²) in [5.41, 5.74) is 0. The predicted molar refractivity (Wildman–Crippen MR) is 53.1 cm³/mol. The van der Waals surface area contributed by atoms with Crippen molar-refractivity contribution < 1.29 is 9.53 Å². The number of amides is 1. The van der Waals surface area contributed by atoms with Crippen molar-refractivity contribution in [1.29, 1.82) is 0 Å². The lowest BCUT2D eigenvalue weighted by Crippen LogP contribution is -2.55. The van der Waals surface area contributed by atoms with Crippen LogP contribution in [0.2, 0.25) is 0 Å². The topological polar surface area (TPSA) is 41.6 Å². The fourth-order valence-electron chi connectivity index (χ4n) is 2.75. The molecule has 2 saturated heterocycles. The van der Waals surface area contributed by atoms with Gasteiger partial charge in [0.2, 0.25) is 0 Å². The number of likely N-dealkylation sites (tertiary alicyclic amines) is 1. The number of carbonyl (C=O) groups is 1. The molecule has 2 heterocycles. The number of hydrogen-bond donors (Lipinski definition) is 1. The van der Waals surface area contributed by atoms with Crippen LogP contribution in [0, 0.1) is 5.92 Å². The monoisotopic (exact) mass is 198 g/mol. The fraction of sp³-hybridized carbons (Fsp3) is 0.900. The molecule has 3 atom stereocenters. The SMILES string of the molecule is COC(=O)N1CCC2CCNC2C1C. The summed E-state index contributed by atoms with van der Waals surface area (Å²) in [6.45, 7) is 4.04. The molecule has 1 N–H and O–H groups in total. The molecule has 4 heteroatoms. The van der Waals surface area contributed by atoms with Crippen LogP contribution >= 0.6 is 0 Å². The largest absolute Gasteiger partial charge is 0.453 e. The molecule has 2 aliphatic rings. The van der Waals surface area contributed by atoms with Crippen molar-refractivity contribution in [3.8, 4) is 0 Å². The van der Waals surface area contributed by atoms with E-state index >= 15 is 0 Å². The van der Waals surface area contributed by atoms with Gasteiger partial charge in [0, 0.05) is 18.6 Å². The maximum atomic E-state index is 11.4. The van der Waals surface area contributed by atoms with Crippen molar-refractivity contribution in [3.63, 3.8) is 0 Å². The Balaban J connectivity index is 2.05. The summed E-state index contributed by atoms with van der Waals surface area (Å²) in [7, 11) is 1.45. The third-order valence-corrected chi connectivity index (χ3v) is 3.56. The van der Waals surface area contributed by atoms with E-state index in [-0.39, 0.29) is 12.1 Å². The molecule has 0 aromatic heterocycles. The van der Waals surface area contributed by atoms with Crippen LogP contribution in [-0.2, 0) is 4.74 Å². The van der Waals surface area contributed by atoms with Gasteiger partial charge in [-0.25, -0.2) is 4.79 Å². The summed E-state index contributed by atoms with van der Waals surface area (Å²) in [6.07, 6.45) is 2.17. The summed E-state index contributed by atoms with van der Waals surface area (Å²) < 4.78 is 4.77. The molecule has 2 rings (SSSR count). The van der Waals surface area contributed by atoms with Crippen molar-refractivity contribution in [3.05, 3.63) is 0 Å². The van der Waals surface area contributed by atoms with E-state index in [1.807, 2.05) is 4.90 Å². The number of carbonyl (C=O) groups excluding carboxylic acids is 1. The summed E-state index contributed by atoms with van der Waals surface area (Å²) in [5.74, 6) is 0.755. The Bertz CT molecular complexity index is 232. The Morgan fingerprint density at radius 2 is 2.29 bits per heavy atom. The summed E-state index contributed by atoms with van der Waals surface area (Å²) >= 11 is 0. The molecule has 0 aromatic carbocycles.